The van der Waals surface area contributed by atoms with E-state index in [0.29, 0.717) is 9.60 Å². The van der Waals surface area contributed by atoms with Gasteiger partial charge in [0.15, 0.2) is 0 Å². The molecule has 0 radical (unpaired) electrons. The molecule has 2 aromatic rings. The molecule has 7 heteroatoms. The minimum atomic E-state index is -0.348. The molecule has 18 heavy (non-hydrogen) atoms. The summed E-state index contributed by atoms with van der Waals surface area (Å²) in [5.74, 6) is -0.552. The second-order valence-corrected chi connectivity index (χ2v) is 5.64. The minimum Gasteiger partial charge on any atom is -0.300 e. The molecule has 94 valence electrons. The normalized spacial score (nSPS) is 10.4. The summed E-state index contributed by atoms with van der Waals surface area (Å²) in [6.07, 6.45) is 0.164. The van der Waals surface area contributed by atoms with E-state index in [-0.39, 0.29) is 18.1 Å². The lowest BCUT2D eigenvalue weighted by Gasteiger charge is -2.02. The Balaban J connectivity index is 2.00. The van der Waals surface area contributed by atoms with Crippen LogP contribution in [0, 0.1) is 12.7 Å². The molecule has 4 nitrogen and oxygen atoms in total. The van der Waals surface area contributed by atoms with Crippen molar-refractivity contribution in [2.75, 3.05) is 5.32 Å². The topological polar surface area (TPSA) is 54.9 Å². The molecule has 1 N–H and O–H groups in total. The predicted octanol–water partition coefficient (Wildman–Crippen LogP) is 2.93. The van der Waals surface area contributed by atoms with Gasteiger partial charge in [-0.25, -0.2) is 4.39 Å². The number of anilines is 1. The van der Waals surface area contributed by atoms with Crippen molar-refractivity contribution in [3.05, 3.63) is 39.1 Å². The molecular formula is C11H9BrFN3OS. The Labute approximate surface area is 115 Å². The van der Waals surface area contributed by atoms with Gasteiger partial charge in [0.05, 0.1) is 10.9 Å². The summed E-state index contributed by atoms with van der Waals surface area (Å²) in [5, 5.41) is 11.5. The van der Waals surface area contributed by atoms with Gasteiger partial charge in [-0.3, -0.25) is 4.79 Å². The number of rotatable bonds is 3. The second-order valence-electron chi connectivity index (χ2n) is 3.60. The van der Waals surface area contributed by atoms with E-state index in [1.807, 2.05) is 6.92 Å². The molecule has 1 aromatic carbocycles. The number of halogens is 2. The monoisotopic (exact) mass is 329 g/mol. The molecule has 1 amide bonds. The number of hydrogen-bond acceptors (Lipinski definition) is 4. The van der Waals surface area contributed by atoms with E-state index in [2.05, 4.69) is 31.4 Å². The van der Waals surface area contributed by atoms with Gasteiger partial charge in [0.2, 0.25) is 11.0 Å². The summed E-state index contributed by atoms with van der Waals surface area (Å²) in [7, 11) is 0. The Morgan fingerprint density at radius 2 is 2.28 bits per heavy atom. The number of aryl methyl sites for hydroxylation is 1. The first-order valence-corrected chi connectivity index (χ1v) is 6.69. The van der Waals surface area contributed by atoms with Gasteiger partial charge in [-0.1, -0.05) is 17.4 Å². The van der Waals surface area contributed by atoms with Crippen molar-refractivity contribution in [1.29, 1.82) is 0 Å². The third-order valence-corrected chi connectivity index (χ3v) is 3.48. The van der Waals surface area contributed by atoms with E-state index in [1.54, 1.807) is 12.1 Å². The van der Waals surface area contributed by atoms with E-state index < -0.39 is 0 Å². The van der Waals surface area contributed by atoms with Gasteiger partial charge < -0.3 is 5.32 Å². The number of hydrogen-bond donors (Lipinski definition) is 1. The van der Waals surface area contributed by atoms with Crippen LogP contribution in [0.15, 0.2) is 22.7 Å². The van der Waals surface area contributed by atoms with Crippen LogP contribution in [0.2, 0.25) is 0 Å². The van der Waals surface area contributed by atoms with Crippen molar-refractivity contribution in [3.63, 3.8) is 0 Å². The molecule has 0 fully saturated rings. The van der Waals surface area contributed by atoms with Crippen molar-refractivity contribution in [3.8, 4) is 0 Å². The zero-order chi connectivity index (χ0) is 13.1. The fraction of sp³-hybridized carbons (Fsp3) is 0.182. The van der Waals surface area contributed by atoms with Gasteiger partial charge in [0, 0.05) is 0 Å². The number of nitrogens with zero attached hydrogens (tertiary/aromatic N) is 2. The predicted molar refractivity (Wildman–Crippen MR) is 71.1 cm³/mol. The molecule has 0 aliphatic carbocycles. The quantitative estimate of drug-likeness (QED) is 0.941. The maximum Gasteiger partial charge on any atom is 0.230 e. The highest BCUT2D eigenvalue weighted by molar-refractivity contribution is 9.10. The molecule has 0 saturated carbocycles. The van der Waals surface area contributed by atoms with Crippen molar-refractivity contribution < 1.29 is 9.18 Å². The van der Waals surface area contributed by atoms with E-state index >= 15 is 0 Å². The van der Waals surface area contributed by atoms with Crippen molar-refractivity contribution >= 4 is 38.3 Å². The van der Waals surface area contributed by atoms with Crippen molar-refractivity contribution in [2.24, 2.45) is 0 Å². The van der Waals surface area contributed by atoms with Gasteiger partial charge in [-0.15, -0.1) is 10.2 Å². The van der Waals surface area contributed by atoms with Crippen LogP contribution in [0.1, 0.15) is 10.6 Å². The summed E-state index contributed by atoms with van der Waals surface area (Å²) in [6.45, 7) is 1.81. The highest BCUT2D eigenvalue weighted by Gasteiger charge is 2.08. The number of amides is 1. The highest BCUT2D eigenvalue weighted by Crippen LogP contribution is 2.18. The maximum atomic E-state index is 13.0. The van der Waals surface area contributed by atoms with Crippen molar-refractivity contribution in [1.82, 2.24) is 10.2 Å². The van der Waals surface area contributed by atoms with Crippen LogP contribution in [0.4, 0.5) is 9.52 Å². The van der Waals surface area contributed by atoms with Gasteiger partial charge in [-0.2, -0.15) is 0 Å². The van der Waals surface area contributed by atoms with Crippen LogP contribution in [0.5, 0.6) is 0 Å². The Kier molecular flexibility index (Phi) is 4.03. The van der Waals surface area contributed by atoms with Crippen LogP contribution in [-0.2, 0) is 11.2 Å². The van der Waals surface area contributed by atoms with E-state index in [9.17, 15) is 9.18 Å². The maximum absolute atomic E-state index is 13.0. The first-order chi connectivity index (χ1) is 8.54. The molecule has 0 aliphatic heterocycles. The molecule has 1 heterocycles. The Bertz CT molecular complexity index is 587. The first-order valence-electron chi connectivity index (χ1n) is 5.08. The smallest absolute Gasteiger partial charge is 0.230 e. The summed E-state index contributed by atoms with van der Waals surface area (Å²) in [5.41, 5.74) is 0.724. The fourth-order valence-corrected chi connectivity index (χ4v) is 2.38. The minimum absolute atomic E-state index is 0.164. The lowest BCUT2D eigenvalue weighted by Crippen LogP contribution is -2.14. The fourth-order valence-electron chi connectivity index (χ4n) is 1.35. The third kappa shape index (κ3) is 3.33. The average molecular weight is 330 g/mol. The van der Waals surface area contributed by atoms with E-state index in [1.165, 1.54) is 17.4 Å². The molecule has 0 unspecified atom stereocenters. The average Bonchev–Trinajstić information content (AvgIpc) is 2.69. The van der Waals surface area contributed by atoms with Crippen LogP contribution in [0.25, 0.3) is 0 Å². The van der Waals surface area contributed by atoms with E-state index in [4.69, 9.17) is 0 Å². The van der Waals surface area contributed by atoms with Gasteiger partial charge in [0.1, 0.15) is 10.8 Å². The van der Waals surface area contributed by atoms with E-state index in [0.717, 1.165) is 10.6 Å². The SMILES string of the molecule is Cc1nnc(NC(=O)Cc2ccc(F)c(Br)c2)s1. The lowest BCUT2D eigenvalue weighted by molar-refractivity contribution is -0.115. The molecular weight excluding hydrogens is 321 g/mol. The number of carbonyl (C=O) groups excluding carboxylic acids is 1. The molecule has 0 aliphatic rings. The van der Waals surface area contributed by atoms with Gasteiger partial charge in [-0.05, 0) is 40.5 Å². The first kappa shape index (κ1) is 13.1. The number of carbonyl (C=O) groups is 1. The molecule has 1 aromatic heterocycles. The Morgan fingerprint density at radius 3 is 2.89 bits per heavy atom. The summed E-state index contributed by atoms with van der Waals surface area (Å²) < 4.78 is 13.4. The summed E-state index contributed by atoms with van der Waals surface area (Å²) in [6, 6.07) is 4.48. The van der Waals surface area contributed by atoms with Gasteiger partial charge >= 0.3 is 0 Å². The molecule has 0 spiro atoms. The summed E-state index contributed by atoms with van der Waals surface area (Å²) in [4.78, 5) is 11.7. The molecule has 0 atom stereocenters. The Morgan fingerprint density at radius 1 is 1.50 bits per heavy atom. The number of aromatic nitrogens is 2. The number of benzene rings is 1. The summed E-state index contributed by atoms with van der Waals surface area (Å²) >= 11 is 4.39. The van der Waals surface area contributed by atoms with Crippen molar-refractivity contribution in [2.45, 2.75) is 13.3 Å². The van der Waals surface area contributed by atoms with Crippen LogP contribution < -0.4 is 5.32 Å². The van der Waals surface area contributed by atoms with Crippen LogP contribution >= 0.6 is 27.3 Å². The Hall–Kier alpha value is -1.34. The largest absolute Gasteiger partial charge is 0.300 e. The standard InChI is InChI=1S/C11H9BrFN3OS/c1-6-15-16-11(18-6)14-10(17)5-7-2-3-9(13)8(12)4-7/h2-4H,5H2,1H3,(H,14,16,17). The molecule has 0 saturated heterocycles. The zero-order valence-corrected chi connectivity index (χ0v) is 11.8. The molecule has 2 rings (SSSR count). The number of nitrogens with one attached hydrogen (secondary N) is 1. The third-order valence-electron chi connectivity index (χ3n) is 2.12. The zero-order valence-electron chi connectivity index (χ0n) is 9.41. The highest BCUT2D eigenvalue weighted by atomic mass is 79.9. The van der Waals surface area contributed by atoms with Gasteiger partial charge in [0.25, 0.3) is 0 Å². The van der Waals surface area contributed by atoms with Crippen LogP contribution in [0.3, 0.4) is 0 Å². The lowest BCUT2D eigenvalue weighted by atomic mass is 10.1. The molecule has 0 bridgehead atoms. The second kappa shape index (κ2) is 5.53. The van der Waals surface area contributed by atoms with Crippen LogP contribution in [-0.4, -0.2) is 16.1 Å².